The van der Waals surface area contributed by atoms with Gasteiger partial charge in [-0.3, -0.25) is 4.90 Å². The van der Waals surface area contributed by atoms with Gasteiger partial charge in [0.15, 0.2) is 0 Å². The van der Waals surface area contributed by atoms with Crippen LogP contribution in [0, 0.1) is 11.8 Å². The van der Waals surface area contributed by atoms with E-state index in [1.807, 2.05) is 7.11 Å². The van der Waals surface area contributed by atoms with Crippen LogP contribution in [0.15, 0.2) is 0 Å². The Kier molecular flexibility index (Phi) is 8.08. The second-order valence-corrected chi connectivity index (χ2v) is 6.81. The average molecular weight is 284 g/mol. The molecule has 0 spiro atoms. The maximum Gasteiger partial charge on any atom is 0.0618 e. The number of hydrogen-bond acceptors (Lipinski definition) is 3. The highest BCUT2D eigenvalue weighted by molar-refractivity contribution is 4.92. The molecule has 120 valence electrons. The number of hydrogen-bond donors (Lipinski definition) is 1. The fourth-order valence-corrected chi connectivity index (χ4v) is 3.39. The highest BCUT2D eigenvalue weighted by atomic mass is 16.5. The van der Waals surface area contributed by atoms with Gasteiger partial charge in [-0.25, -0.2) is 0 Å². The Morgan fingerprint density at radius 2 is 1.95 bits per heavy atom. The zero-order valence-corrected chi connectivity index (χ0v) is 14.5. The van der Waals surface area contributed by atoms with Crippen LogP contribution in [-0.2, 0) is 4.74 Å². The van der Waals surface area contributed by atoms with E-state index in [-0.39, 0.29) is 0 Å². The second kappa shape index (κ2) is 9.01. The summed E-state index contributed by atoms with van der Waals surface area (Å²) in [5.74, 6) is 1.44. The lowest BCUT2D eigenvalue weighted by Gasteiger charge is -2.47. The Balaban J connectivity index is 2.80. The van der Waals surface area contributed by atoms with Crippen LogP contribution in [0.3, 0.4) is 0 Å². The zero-order valence-electron chi connectivity index (χ0n) is 14.5. The molecule has 0 aliphatic carbocycles. The Hall–Kier alpha value is -0.120. The standard InChI is InChI=1S/C17H36N2O/c1-7-9-15(12-20-6)19-11-16(14(5)8-2)18-10-17(19)13(3)4/h13-18H,7-12H2,1-6H3. The molecule has 0 aromatic rings. The quantitative estimate of drug-likeness (QED) is 0.741. The molecule has 0 saturated carbocycles. The van der Waals surface area contributed by atoms with Gasteiger partial charge in [-0.1, -0.05) is 47.5 Å². The van der Waals surface area contributed by atoms with Crippen LogP contribution in [0.1, 0.15) is 53.9 Å². The van der Waals surface area contributed by atoms with Crippen molar-refractivity contribution in [2.45, 2.75) is 72.0 Å². The fourth-order valence-electron chi connectivity index (χ4n) is 3.39. The van der Waals surface area contributed by atoms with Gasteiger partial charge in [0.05, 0.1) is 6.61 Å². The van der Waals surface area contributed by atoms with Crippen molar-refractivity contribution in [2.75, 3.05) is 26.8 Å². The largest absolute Gasteiger partial charge is 0.383 e. The molecule has 1 N–H and O–H groups in total. The van der Waals surface area contributed by atoms with Gasteiger partial charge in [-0.05, 0) is 18.3 Å². The highest BCUT2D eigenvalue weighted by Gasteiger charge is 2.35. The Bertz CT molecular complexity index is 251. The van der Waals surface area contributed by atoms with Gasteiger partial charge in [0.2, 0.25) is 0 Å². The van der Waals surface area contributed by atoms with Gasteiger partial charge in [0.25, 0.3) is 0 Å². The molecule has 3 nitrogen and oxygen atoms in total. The van der Waals surface area contributed by atoms with E-state index in [9.17, 15) is 0 Å². The summed E-state index contributed by atoms with van der Waals surface area (Å²) in [7, 11) is 1.83. The summed E-state index contributed by atoms with van der Waals surface area (Å²) in [4.78, 5) is 2.74. The van der Waals surface area contributed by atoms with Crippen molar-refractivity contribution in [3.63, 3.8) is 0 Å². The number of piperazine rings is 1. The molecule has 0 radical (unpaired) electrons. The lowest BCUT2D eigenvalue weighted by Crippen LogP contribution is -2.63. The van der Waals surface area contributed by atoms with Crippen LogP contribution in [0.4, 0.5) is 0 Å². The van der Waals surface area contributed by atoms with Gasteiger partial charge >= 0.3 is 0 Å². The number of nitrogens with zero attached hydrogens (tertiary/aromatic N) is 1. The van der Waals surface area contributed by atoms with Crippen molar-refractivity contribution in [3.05, 3.63) is 0 Å². The minimum absolute atomic E-state index is 0.575. The molecule has 20 heavy (non-hydrogen) atoms. The molecule has 0 bridgehead atoms. The first-order chi connectivity index (χ1) is 9.54. The van der Waals surface area contributed by atoms with E-state index in [0.717, 1.165) is 19.1 Å². The number of ether oxygens (including phenoxy) is 1. The minimum atomic E-state index is 0.575. The van der Waals surface area contributed by atoms with Crippen LogP contribution in [0.25, 0.3) is 0 Å². The van der Waals surface area contributed by atoms with Gasteiger partial charge in [-0.15, -0.1) is 0 Å². The molecule has 0 amide bonds. The topological polar surface area (TPSA) is 24.5 Å². The normalized spacial score (nSPS) is 27.8. The van der Waals surface area contributed by atoms with Gasteiger partial charge < -0.3 is 10.1 Å². The van der Waals surface area contributed by atoms with Crippen LogP contribution >= 0.6 is 0 Å². The second-order valence-electron chi connectivity index (χ2n) is 6.81. The summed E-state index contributed by atoms with van der Waals surface area (Å²) in [6.45, 7) is 14.8. The van der Waals surface area contributed by atoms with Gasteiger partial charge in [0.1, 0.15) is 0 Å². The predicted octanol–water partition coefficient (Wildman–Crippen LogP) is 3.15. The van der Waals surface area contributed by atoms with Crippen molar-refractivity contribution in [3.8, 4) is 0 Å². The predicted molar refractivity (Wildman–Crippen MR) is 87.1 cm³/mol. The first-order valence-corrected chi connectivity index (χ1v) is 8.53. The van der Waals surface area contributed by atoms with Crippen molar-refractivity contribution >= 4 is 0 Å². The minimum Gasteiger partial charge on any atom is -0.383 e. The molecule has 0 aromatic carbocycles. The van der Waals surface area contributed by atoms with Crippen LogP contribution in [0.2, 0.25) is 0 Å². The summed E-state index contributed by atoms with van der Waals surface area (Å²) >= 11 is 0. The summed E-state index contributed by atoms with van der Waals surface area (Å²) in [6.07, 6.45) is 3.72. The molecular formula is C17H36N2O. The average Bonchev–Trinajstić information content (AvgIpc) is 2.45. The number of rotatable bonds is 8. The maximum atomic E-state index is 5.50. The van der Waals surface area contributed by atoms with Crippen LogP contribution in [0.5, 0.6) is 0 Å². The smallest absolute Gasteiger partial charge is 0.0618 e. The Labute approximate surface area is 126 Å². The molecular weight excluding hydrogens is 248 g/mol. The van der Waals surface area contributed by atoms with E-state index in [0.29, 0.717) is 24.0 Å². The molecule has 1 heterocycles. The van der Waals surface area contributed by atoms with Gasteiger partial charge in [0, 0.05) is 38.3 Å². The SMILES string of the molecule is CCCC(COC)N1CC(C(C)CC)NCC1C(C)C. The molecule has 4 atom stereocenters. The first kappa shape index (κ1) is 17.9. The molecule has 1 aliphatic heterocycles. The molecule has 1 rings (SSSR count). The third-order valence-corrected chi connectivity index (χ3v) is 4.97. The van der Waals surface area contributed by atoms with Crippen molar-refractivity contribution in [2.24, 2.45) is 11.8 Å². The van der Waals surface area contributed by atoms with Gasteiger partial charge in [-0.2, -0.15) is 0 Å². The molecule has 1 aliphatic rings. The van der Waals surface area contributed by atoms with Crippen molar-refractivity contribution in [1.82, 2.24) is 10.2 Å². The van der Waals surface area contributed by atoms with Crippen molar-refractivity contribution < 1.29 is 4.74 Å². The fraction of sp³-hybridized carbons (Fsp3) is 1.00. The molecule has 1 saturated heterocycles. The van der Waals surface area contributed by atoms with E-state index in [4.69, 9.17) is 4.74 Å². The van der Waals surface area contributed by atoms with Crippen LogP contribution < -0.4 is 5.32 Å². The van der Waals surface area contributed by atoms with E-state index in [1.54, 1.807) is 0 Å². The molecule has 0 aromatic heterocycles. The summed E-state index contributed by atoms with van der Waals surface area (Å²) < 4.78 is 5.50. The first-order valence-electron chi connectivity index (χ1n) is 8.53. The number of methoxy groups -OCH3 is 1. The molecule has 3 heteroatoms. The Morgan fingerprint density at radius 1 is 1.25 bits per heavy atom. The third kappa shape index (κ3) is 4.71. The monoisotopic (exact) mass is 284 g/mol. The van der Waals surface area contributed by atoms with E-state index < -0.39 is 0 Å². The highest BCUT2D eigenvalue weighted by Crippen LogP contribution is 2.24. The van der Waals surface area contributed by atoms with E-state index in [1.165, 1.54) is 25.8 Å². The summed E-state index contributed by atoms with van der Waals surface area (Å²) in [5.41, 5.74) is 0. The molecule has 1 fully saturated rings. The van der Waals surface area contributed by atoms with Crippen LogP contribution in [-0.4, -0.2) is 49.8 Å². The third-order valence-electron chi connectivity index (χ3n) is 4.97. The molecule has 4 unspecified atom stereocenters. The lowest BCUT2D eigenvalue weighted by atomic mass is 9.90. The summed E-state index contributed by atoms with van der Waals surface area (Å²) in [5, 5.41) is 3.79. The lowest BCUT2D eigenvalue weighted by molar-refractivity contribution is 0.00526. The zero-order chi connectivity index (χ0) is 15.1. The van der Waals surface area contributed by atoms with Crippen molar-refractivity contribution in [1.29, 1.82) is 0 Å². The van der Waals surface area contributed by atoms with E-state index >= 15 is 0 Å². The van der Waals surface area contributed by atoms with E-state index in [2.05, 4.69) is 44.8 Å². The Morgan fingerprint density at radius 3 is 2.45 bits per heavy atom. The number of nitrogens with one attached hydrogen (secondary N) is 1. The maximum absolute atomic E-state index is 5.50. The summed E-state index contributed by atoms with van der Waals surface area (Å²) in [6, 6.07) is 1.85.